The summed E-state index contributed by atoms with van der Waals surface area (Å²) in [6, 6.07) is 0. The van der Waals surface area contributed by atoms with Gasteiger partial charge in [-0.25, -0.2) is 0 Å². The van der Waals surface area contributed by atoms with Gasteiger partial charge in [0.1, 0.15) is 0 Å². The molecule has 0 saturated carbocycles. The van der Waals surface area contributed by atoms with Gasteiger partial charge in [0, 0.05) is 39.3 Å². The Morgan fingerprint density at radius 2 is 1.83 bits per heavy atom. The molecule has 0 unspecified atom stereocenters. The van der Waals surface area contributed by atoms with Crippen molar-refractivity contribution in [2.75, 3.05) is 6.61 Å². The first-order valence-corrected chi connectivity index (χ1v) is 5.95. The molecule has 1 aromatic rings. The van der Waals surface area contributed by atoms with E-state index in [1.54, 1.807) is 6.20 Å². The molecule has 1 rings (SSSR count). The predicted octanol–water partition coefficient (Wildman–Crippen LogP) is 3.00. The van der Waals surface area contributed by atoms with Gasteiger partial charge in [-0.05, 0) is 17.5 Å². The van der Waals surface area contributed by atoms with Gasteiger partial charge in [0.2, 0.25) is 0 Å². The van der Waals surface area contributed by atoms with Crippen molar-refractivity contribution < 1.29 is 37.4 Å². The number of hydrogen-bond donors (Lipinski definition) is 0. The van der Waals surface area contributed by atoms with E-state index in [4.69, 9.17) is 4.74 Å². The third kappa shape index (κ3) is 16.2. The smallest absolute Gasteiger partial charge is 0.0689 e. The molecule has 5 heteroatoms. The minimum atomic E-state index is 0. The van der Waals surface area contributed by atoms with Crippen molar-refractivity contribution in [2.45, 2.75) is 54.6 Å². The molecule has 103 valence electrons. The molecule has 0 fully saturated rings. The molecule has 0 saturated heterocycles. The number of aromatic nitrogens is 3. The number of hydrogen-bond acceptors (Lipinski definition) is 3. The molecule has 0 amide bonds. The van der Waals surface area contributed by atoms with Crippen LogP contribution in [0.2, 0.25) is 0 Å². The van der Waals surface area contributed by atoms with E-state index in [9.17, 15) is 0 Å². The fourth-order valence-corrected chi connectivity index (χ4v) is 0.823. The summed E-state index contributed by atoms with van der Waals surface area (Å²) in [7, 11) is 0. The molecular formula is C13H25N3OY-2. The quantitative estimate of drug-likeness (QED) is 0.630. The predicted molar refractivity (Wildman–Crippen MR) is 69.3 cm³/mol. The van der Waals surface area contributed by atoms with Crippen LogP contribution in [0, 0.1) is 11.3 Å². The summed E-state index contributed by atoms with van der Waals surface area (Å²) < 4.78 is 5.41. The van der Waals surface area contributed by atoms with Crippen LogP contribution >= 0.6 is 0 Å². The molecule has 0 aliphatic carbocycles. The van der Waals surface area contributed by atoms with Gasteiger partial charge in [-0.3, -0.25) is 5.21 Å². The summed E-state index contributed by atoms with van der Waals surface area (Å²) in [6.45, 7) is 14.1. The molecule has 1 heterocycles. The van der Waals surface area contributed by atoms with Crippen LogP contribution in [0.5, 0.6) is 0 Å². The Labute approximate surface area is 137 Å². The van der Waals surface area contributed by atoms with Crippen LogP contribution in [-0.4, -0.2) is 16.9 Å². The first-order chi connectivity index (χ1) is 7.81. The zero-order valence-corrected chi connectivity index (χ0v) is 15.4. The van der Waals surface area contributed by atoms with Crippen LogP contribution in [0.1, 0.15) is 53.7 Å². The zero-order valence-electron chi connectivity index (χ0n) is 12.5. The van der Waals surface area contributed by atoms with Gasteiger partial charge in [0.15, 0.2) is 0 Å². The third-order valence-electron chi connectivity index (χ3n) is 1.68. The van der Waals surface area contributed by atoms with Crippen LogP contribution in [-0.2, 0) is 44.1 Å². The molecule has 0 N–H and O–H groups in total. The van der Waals surface area contributed by atoms with Crippen LogP contribution in [0.15, 0.2) is 6.20 Å². The second-order valence-electron chi connectivity index (χ2n) is 5.79. The van der Waals surface area contributed by atoms with E-state index in [0.29, 0.717) is 12.0 Å². The molecule has 0 aromatic carbocycles. The Hall–Kier alpha value is 0.204. The maximum Gasteiger partial charge on any atom is 0.0689 e. The molecule has 1 radical (unpaired) electrons. The second-order valence-corrected chi connectivity index (χ2v) is 5.79. The summed E-state index contributed by atoms with van der Waals surface area (Å²) in [5.74, 6) is 1.42. The monoisotopic (exact) mass is 328 g/mol. The topological polar surface area (TPSA) is 49.1 Å². The molecular weight excluding hydrogens is 303 g/mol. The Balaban J connectivity index is 0. The Morgan fingerprint density at radius 3 is 2.22 bits per heavy atom. The maximum absolute atomic E-state index is 5.41. The van der Waals surface area contributed by atoms with Gasteiger partial charge in [-0.15, -0.1) is 0 Å². The van der Waals surface area contributed by atoms with E-state index in [2.05, 4.69) is 57.0 Å². The second kappa shape index (κ2) is 11.1. The number of nitrogens with zero attached hydrogens (tertiary/aromatic N) is 3. The molecule has 1 aromatic heterocycles. The summed E-state index contributed by atoms with van der Waals surface area (Å²) in [5, 5.41) is 10.8. The Morgan fingerprint density at radius 1 is 1.28 bits per heavy atom. The number of rotatable bonds is 4. The largest absolute Gasteiger partial charge is 0.377 e. The van der Waals surface area contributed by atoms with Gasteiger partial charge in [-0.2, -0.15) is 20.8 Å². The van der Waals surface area contributed by atoms with Crippen molar-refractivity contribution >= 4 is 0 Å². The summed E-state index contributed by atoms with van der Waals surface area (Å²) in [5.41, 5.74) is 1.13. The minimum absolute atomic E-state index is 0. The van der Waals surface area contributed by atoms with Crippen molar-refractivity contribution in [3.63, 3.8) is 0 Å². The maximum atomic E-state index is 5.41. The van der Waals surface area contributed by atoms with E-state index in [1.165, 1.54) is 5.92 Å². The average Bonchev–Trinajstić information content (AvgIpc) is 2.62. The third-order valence-corrected chi connectivity index (χ3v) is 1.68. The Bertz CT molecular complexity index is 266. The summed E-state index contributed by atoms with van der Waals surface area (Å²) in [4.78, 5) is 0. The molecule has 0 aliphatic heterocycles. The van der Waals surface area contributed by atoms with E-state index in [-0.39, 0.29) is 32.7 Å². The summed E-state index contributed by atoms with van der Waals surface area (Å²) >= 11 is 0. The van der Waals surface area contributed by atoms with Crippen molar-refractivity contribution in [2.24, 2.45) is 5.41 Å². The summed E-state index contributed by atoms with van der Waals surface area (Å²) in [6.07, 6.45) is 2.67. The van der Waals surface area contributed by atoms with Crippen molar-refractivity contribution in [1.82, 2.24) is 15.4 Å². The normalized spacial score (nSPS) is 10.6. The SMILES string of the molecule is CC(C)(C)CCOCc1c[n-]nn1.C[C-](C)C.[Y]. The zero-order chi connectivity index (χ0) is 13.3. The van der Waals surface area contributed by atoms with Crippen LogP contribution in [0.4, 0.5) is 0 Å². The van der Waals surface area contributed by atoms with E-state index in [1.807, 2.05) is 0 Å². The van der Waals surface area contributed by atoms with Gasteiger partial charge >= 0.3 is 0 Å². The van der Waals surface area contributed by atoms with Crippen molar-refractivity contribution in [1.29, 1.82) is 0 Å². The minimum Gasteiger partial charge on any atom is -0.377 e. The molecule has 18 heavy (non-hydrogen) atoms. The molecule has 0 spiro atoms. The van der Waals surface area contributed by atoms with E-state index in [0.717, 1.165) is 18.7 Å². The van der Waals surface area contributed by atoms with Gasteiger partial charge in [0.05, 0.1) is 6.61 Å². The number of ether oxygens (including phenoxy) is 1. The van der Waals surface area contributed by atoms with E-state index >= 15 is 0 Å². The Kier molecular flexibility index (Phi) is 12.6. The fraction of sp³-hybridized carbons (Fsp3) is 0.769. The van der Waals surface area contributed by atoms with Gasteiger partial charge in [-0.1, -0.05) is 27.0 Å². The van der Waals surface area contributed by atoms with E-state index < -0.39 is 0 Å². The van der Waals surface area contributed by atoms with Crippen molar-refractivity contribution in [3.05, 3.63) is 17.8 Å². The molecule has 0 atom stereocenters. The van der Waals surface area contributed by atoms with Crippen LogP contribution in [0.25, 0.3) is 0 Å². The molecule has 0 bridgehead atoms. The molecule has 0 aliphatic rings. The first kappa shape index (κ1) is 20.5. The standard InChI is InChI=1S/C9H16N3O.C4H9.Y/c1-9(2,3)4-5-13-7-8-6-10-12-11-8;1-4(2)3;/h6H,4-5,7H2,1-3H3;1-3H3;/q2*-1;. The fourth-order valence-electron chi connectivity index (χ4n) is 0.823. The van der Waals surface area contributed by atoms with Gasteiger partial charge < -0.3 is 20.9 Å². The van der Waals surface area contributed by atoms with Gasteiger partial charge in [0.25, 0.3) is 0 Å². The average molecular weight is 328 g/mol. The molecule has 4 nitrogen and oxygen atoms in total. The van der Waals surface area contributed by atoms with Crippen molar-refractivity contribution in [3.8, 4) is 0 Å². The van der Waals surface area contributed by atoms with Crippen LogP contribution in [0.3, 0.4) is 0 Å². The first-order valence-electron chi connectivity index (χ1n) is 5.95. The van der Waals surface area contributed by atoms with Crippen LogP contribution < -0.4 is 5.10 Å².